The first-order valence-electron chi connectivity index (χ1n) is 4.99. The van der Waals surface area contributed by atoms with Gasteiger partial charge in [-0.05, 0) is 31.1 Å². The summed E-state index contributed by atoms with van der Waals surface area (Å²) in [4.78, 5) is 2.24. The van der Waals surface area contributed by atoms with Gasteiger partial charge in [-0.1, -0.05) is 12.1 Å². The minimum Gasteiger partial charge on any atom is -0.326 e. The third kappa shape index (κ3) is 1.94. The van der Waals surface area contributed by atoms with Crippen LogP contribution in [-0.2, 0) is 13.1 Å². The molecule has 0 aromatic heterocycles. The molecule has 76 valence electrons. The molecule has 1 aromatic carbocycles. The molecule has 0 aliphatic carbocycles. The zero-order chi connectivity index (χ0) is 9.97. The first kappa shape index (κ1) is 9.62. The van der Waals surface area contributed by atoms with E-state index in [2.05, 4.69) is 4.90 Å². The number of hydrogen-bond acceptors (Lipinski definition) is 2. The van der Waals surface area contributed by atoms with Crippen LogP contribution in [0.15, 0.2) is 18.2 Å². The molecule has 0 unspecified atom stereocenters. The topological polar surface area (TPSA) is 29.3 Å². The molecule has 1 aliphatic heterocycles. The zero-order valence-corrected chi connectivity index (χ0v) is 8.17. The molecule has 2 N–H and O–H groups in total. The highest BCUT2D eigenvalue weighted by Gasteiger charge is 2.15. The van der Waals surface area contributed by atoms with Gasteiger partial charge in [0.1, 0.15) is 5.82 Å². The van der Waals surface area contributed by atoms with Crippen LogP contribution in [0.25, 0.3) is 0 Å². The molecule has 0 atom stereocenters. The van der Waals surface area contributed by atoms with E-state index < -0.39 is 0 Å². The van der Waals surface area contributed by atoms with E-state index in [4.69, 9.17) is 5.73 Å². The normalized spacial score (nSPS) is 16.7. The van der Waals surface area contributed by atoms with Crippen molar-refractivity contribution in [2.24, 2.45) is 5.73 Å². The van der Waals surface area contributed by atoms with E-state index in [1.54, 1.807) is 0 Å². The molecular weight excluding hydrogens is 179 g/mol. The molecule has 2 nitrogen and oxygen atoms in total. The Hall–Kier alpha value is -0.930. The van der Waals surface area contributed by atoms with Crippen LogP contribution in [0.1, 0.15) is 17.5 Å². The third-order valence-corrected chi connectivity index (χ3v) is 2.70. The molecule has 14 heavy (non-hydrogen) atoms. The van der Waals surface area contributed by atoms with Crippen molar-refractivity contribution in [3.63, 3.8) is 0 Å². The fraction of sp³-hybridized carbons (Fsp3) is 0.455. The minimum atomic E-state index is -0.125. The maximum Gasteiger partial charge on any atom is 0.128 e. The Morgan fingerprint density at radius 3 is 2.64 bits per heavy atom. The van der Waals surface area contributed by atoms with Gasteiger partial charge >= 0.3 is 0 Å². The summed E-state index contributed by atoms with van der Waals surface area (Å²) in [6.07, 6.45) is 1.24. The van der Waals surface area contributed by atoms with Crippen molar-refractivity contribution < 1.29 is 4.39 Å². The number of rotatable bonds is 3. The highest BCUT2D eigenvalue weighted by Crippen LogP contribution is 2.16. The van der Waals surface area contributed by atoms with Crippen LogP contribution in [0.5, 0.6) is 0 Å². The molecule has 1 aromatic rings. The lowest BCUT2D eigenvalue weighted by molar-refractivity contribution is 0.170. The predicted octanol–water partition coefficient (Wildman–Crippen LogP) is 1.49. The second-order valence-corrected chi connectivity index (χ2v) is 3.76. The van der Waals surface area contributed by atoms with Gasteiger partial charge in [-0.15, -0.1) is 0 Å². The molecule has 0 amide bonds. The second-order valence-electron chi connectivity index (χ2n) is 3.76. The first-order valence-corrected chi connectivity index (χ1v) is 4.99. The van der Waals surface area contributed by atoms with Gasteiger partial charge < -0.3 is 5.73 Å². The lowest BCUT2D eigenvalue weighted by Crippen LogP contribution is -2.36. The summed E-state index contributed by atoms with van der Waals surface area (Å²) < 4.78 is 13.5. The Balaban J connectivity index is 2.09. The average Bonchev–Trinajstić information content (AvgIpc) is 2.13. The minimum absolute atomic E-state index is 0.125. The summed E-state index contributed by atoms with van der Waals surface area (Å²) in [5.41, 5.74) is 7.07. The lowest BCUT2D eigenvalue weighted by Gasteiger charge is -2.30. The standard InChI is InChI=1S/C11H15FN2/c12-11-6-9(7-13)2-3-10(11)8-14-4-1-5-14/h2-3,6H,1,4-5,7-8,13H2. The lowest BCUT2D eigenvalue weighted by atomic mass is 10.1. The van der Waals surface area contributed by atoms with Gasteiger partial charge in [0.25, 0.3) is 0 Å². The molecule has 1 saturated heterocycles. The molecule has 0 saturated carbocycles. The fourth-order valence-corrected chi connectivity index (χ4v) is 1.63. The summed E-state index contributed by atoms with van der Waals surface area (Å²) in [6.45, 7) is 3.33. The molecule has 3 heteroatoms. The molecule has 0 bridgehead atoms. The van der Waals surface area contributed by atoms with Crippen LogP contribution < -0.4 is 5.73 Å². The van der Waals surface area contributed by atoms with Crippen molar-refractivity contribution in [2.75, 3.05) is 13.1 Å². The number of hydrogen-bond donors (Lipinski definition) is 1. The predicted molar refractivity (Wildman–Crippen MR) is 54.2 cm³/mol. The Morgan fingerprint density at radius 2 is 2.14 bits per heavy atom. The van der Waals surface area contributed by atoms with Crippen molar-refractivity contribution in [3.05, 3.63) is 35.1 Å². The summed E-state index contributed by atoms with van der Waals surface area (Å²) in [6, 6.07) is 5.28. The van der Waals surface area contributed by atoms with E-state index in [0.29, 0.717) is 6.54 Å². The van der Waals surface area contributed by atoms with E-state index in [-0.39, 0.29) is 5.82 Å². The zero-order valence-electron chi connectivity index (χ0n) is 8.17. The number of likely N-dealkylation sites (tertiary alicyclic amines) is 1. The number of benzene rings is 1. The highest BCUT2D eigenvalue weighted by atomic mass is 19.1. The van der Waals surface area contributed by atoms with Gasteiger partial charge in [0.05, 0.1) is 0 Å². The van der Waals surface area contributed by atoms with Gasteiger partial charge in [0.15, 0.2) is 0 Å². The molecule has 0 radical (unpaired) electrons. The van der Waals surface area contributed by atoms with Crippen molar-refractivity contribution >= 4 is 0 Å². The second kappa shape index (κ2) is 4.07. The van der Waals surface area contributed by atoms with Crippen molar-refractivity contribution in [2.45, 2.75) is 19.5 Å². The van der Waals surface area contributed by atoms with Crippen LogP contribution in [0.3, 0.4) is 0 Å². The summed E-state index contributed by atoms with van der Waals surface area (Å²) >= 11 is 0. The molecule has 0 spiro atoms. The maximum absolute atomic E-state index is 13.5. The van der Waals surface area contributed by atoms with Gasteiger partial charge in [-0.2, -0.15) is 0 Å². The van der Waals surface area contributed by atoms with Crippen LogP contribution in [-0.4, -0.2) is 18.0 Å². The van der Waals surface area contributed by atoms with E-state index in [9.17, 15) is 4.39 Å². The fourth-order valence-electron chi connectivity index (χ4n) is 1.63. The summed E-state index contributed by atoms with van der Waals surface area (Å²) in [7, 11) is 0. The van der Waals surface area contributed by atoms with E-state index in [0.717, 1.165) is 30.8 Å². The SMILES string of the molecule is NCc1ccc(CN2CCC2)c(F)c1. The Morgan fingerprint density at radius 1 is 1.36 bits per heavy atom. The summed E-state index contributed by atoms with van der Waals surface area (Å²) in [5.74, 6) is -0.125. The number of halogens is 1. The van der Waals surface area contributed by atoms with Crippen LogP contribution in [0.4, 0.5) is 4.39 Å². The quantitative estimate of drug-likeness (QED) is 0.790. The van der Waals surface area contributed by atoms with Crippen molar-refractivity contribution in [1.29, 1.82) is 0 Å². The van der Waals surface area contributed by atoms with Crippen molar-refractivity contribution in [1.82, 2.24) is 4.90 Å². The van der Waals surface area contributed by atoms with Gasteiger partial charge in [0.2, 0.25) is 0 Å². The molecule has 1 heterocycles. The van der Waals surface area contributed by atoms with E-state index >= 15 is 0 Å². The molecule has 2 rings (SSSR count). The smallest absolute Gasteiger partial charge is 0.128 e. The van der Waals surface area contributed by atoms with Crippen molar-refractivity contribution in [3.8, 4) is 0 Å². The van der Waals surface area contributed by atoms with Crippen LogP contribution in [0, 0.1) is 5.82 Å². The molecule has 1 aliphatic rings. The number of nitrogens with zero attached hydrogens (tertiary/aromatic N) is 1. The monoisotopic (exact) mass is 194 g/mol. The Kier molecular flexibility index (Phi) is 2.79. The van der Waals surface area contributed by atoms with Crippen LogP contribution in [0.2, 0.25) is 0 Å². The van der Waals surface area contributed by atoms with Crippen LogP contribution >= 0.6 is 0 Å². The Bertz CT molecular complexity index is 321. The average molecular weight is 194 g/mol. The van der Waals surface area contributed by atoms with Gasteiger partial charge in [-0.25, -0.2) is 4.39 Å². The molecule has 1 fully saturated rings. The summed E-state index contributed by atoms with van der Waals surface area (Å²) in [5, 5.41) is 0. The first-order chi connectivity index (χ1) is 6.79. The largest absolute Gasteiger partial charge is 0.326 e. The van der Waals surface area contributed by atoms with Gasteiger partial charge in [-0.3, -0.25) is 4.90 Å². The Labute approximate surface area is 83.5 Å². The van der Waals surface area contributed by atoms with E-state index in [1.165, 1.54) is 12.5 Å². The number of nitrogens with two attached hydrogens (primary N) is 1. The van der Waals surface area contributed by atoms with E-state index in [1.807, 2.05) is 12.1 Å². The molecular formula is C11H15FN2. The van der Waals surface area contributed by atoms with Gasteiger partial charge in [0, 0.05) is 18.7 Å². The maximum atomic E-state index is 13.5. The highest BCUT2D eigenvalue weighted by molar-refractivity contribution is 5.24. The third-order valence-electron chi connectivity index (χ3n) is 2.70.